The topological polar surface area (TPSA) is 352 Å². The van der Waals surface area contributed by atoms with E-state index in [9.17, 15) is 53.1 Å². The van der Waals surface area contributed by atoms with E-state index in [1.807, 2.05) is 62.4 Å². The van der Waals surface area contributed by atoms with Gasteiger partial charge in [-0.15, -0.1) is 0 Å². The van der Waals surface area contributed by atoms with Crippen LogP contribution >= 0.6 is 0 Å². The normalized spacial score (nSPS) is 15.9. The third-order valence-corrected chi connectivity index (χ3v) is 14.7. The van der Waals surface area contributed by atoms with Crippen LogP contribution < -0.4 is 54.0 Å². The maximum atomic E-state index is 14.6. The molecular weight excluding hydrogens is 1080 g/mol. The van der Waals surface area contributed by atoms with Crippen LogP contribution in [0.1, 0.15) is 101 Å². The smallest absolute Gasteiger partial charge is 0.407 e. The third kappa shape index (κ3) is 18.3. The molecule has 0 saturated carbocycles. The summed E-state index contributed by atoms with van der Waals surface area (Å²) >= 11 is 0. The minimum absolute atomic E-state index is 0.0126. The number of carbonyl (C=O) groups excluding carboxylic acids is 10. The van der Waals surface area contributed by atoms with Crippen molar-refractivity contribution in [2.75, 3.05) is 26.2 Å². The molecule has 1 heterocycles. The van der Waals surface area contributed by atoms with E-state index in [4.69, 9.17) is 16.2 Å². The van der Waals surface area contributed by atoms with Crippen molar-refractivity contribution in [1.29, 1.82) is 0 Å². The van der Waals surface area contributed by atoms with Crippen molar-refractivity contribution in [2.24, 2.45) is 17.4 Å². The Morgan fingerprint density at radius 2 is 1.13 bits per heavy atom. The molecule has 23 heteroatoms. The van der Waals surface area contributed by atoms with Crippen molar-refractivity contribution in [1.82, 2.24) is 47.4 Å². The number of alkyl carbamates (subject to hydrolysis) is 1. The van der Waals surface area contributed by atoms with Crippen LogP contribution in [-0.2, 0) is 60.7 Å². The second kappa shape index (κ2) is 31.0. The van der Waals surface area contributed by atoms with E-state index in [1.165, 1.54) is 37.8 Å². The standard InChI is InChI=1S/C61H79N11O12/c1-35(2)30-48(53(63)75)69-55(77)37(4)66-59(81)51-23-15-29-72(51)60(82)50(32-40-24-26-41(73)27-25-40)71-58(80)47(22-13-14-28-62)68-54(76)36(3)65-52(74)33-64-57(79)49(31-39-16-7-6-8-17-39)70-56(78)38(5)67-61(83)84-34-46-44-20-11-9-18-42(44)43-19-10-12-21-45(43)46/h6-12,16-21,24-27,35-38,46-51,73H,13-15,22-23,28-34,62H2,1-5H3,(H2,63,75)(H,64,79)(H,65,74)(H,66,81)(H,67,83)(H,68,76)(H,69,77)(H,70,78)(H,71,80)/t36-,37-,38-,47-,48-,49-,50-,51-/m0/s1. The van der Waals surface area contributed by atoms with Crippen LogP contribution in [0.15, 0.2) is 103 Å². The van der Waals surface area contributed by atoms with Crippen LogP contribution in [0.2, 0.25) is 0 Å². The number of primary amides is 1. The maximum absolute atomic E-state index is 14.6. The van der Waals surface area contributed by atoms with E-state index in [2.05, 4.69) is 42.5 Å². The zero-order valence-electron chi connectivity index (χ0n) is 48.1. The molecule has 23 nitrogen and oxygen atoms in total. The van der Waals surface area contributed by atoms with Gasteiger partial charge in [-0.25, -0.2) is 4.79 Å². The summed E-state index contributed by atoms with van der Waals surface area (Å²) in [6.45, 7) is 7.78. The lowest BCUT2D eigenvalue weighted by molar-refractivity contribution is -0.142. The van der Waals surface area contributed by atoms with Gasteiger partial charge in [0.05, 0.1) is 6.54 Å². The van der Waals surface area contributed by atoms with Crippen LogP contribution in [0.4, 0.5) is 4.79 Å². The maximum Gasteiger partial charge on any atom is 0.407 e. The zero-order valence-corrected chi connectivity index (χ0v) is 48.1. The molecule has 0 unspecified atom stereocenters. The van der Waals surface area contributed by atoms with Crippen molar-refractivity contribution in [3.63, 3.8) is 0 Å². The van der Waals surface area contributed by atoms with Crippen LogP contribution in [0.5, 0.6) is 5.75 Å². The Bertz CT molecular complexity index is 2930. The van der Waals surface area contributed by atoms with E-state index in [1.54, 1.807) is 42.5 Å². The fraction of sp³-hybridized carbons (Fsp3) is 0.443. The monoisotopic (exact) mass is 1160 g/mol. The van der Waals surface area contributed by atoms with Gasteiger partial charge in [0.25, 0.3) is 0 Å². The van der Waals surface area contributed by atoms with Gasteiger partial charge < -0.3 is 68.7 Å². The number of likely N-dealkylation sites (tertiary alicyclic amines) is 1. The molecule has 1 aliphatic carbocycles. The Hall–Kier alpha value is -8.86. The number of benzene rings is 4. The van der Waals surface area contributed by atoms with Crippen molar-refractivity contribution in [2.45, 2.75) is 140 Å². The summed E-state index contributed by atoms with van der Waals surface area (Å²) in [5.41, 5.74) is 16.7. The van der Waals surface area contributed by atoms with Gasteiger partial charge >= 0.3 is 6.09 Å². The molecule has 6 rings (SSSR count). The molecule has 4 aromatic carbocycles. The van der Waals surface area contributed by atoms with E-state index < -0.39 is 114 Å². The van der Waals surface area contributed by atoms with Crippen molar-refractivity contribution < 1.29 is 57.8 Å². The van der Waals surface area contributed by atoms with E-state index in [0.717, 1.165) is 22.3 Å². The zero-order chi connectivity index (χ0) is 61.0. The molecular formula is C61H79N11O12. The summed E-state index contributed by atoms with van der Waals surface area (Å²) in [6, 6.07) is 21.2. The molecule has 10 amide bonds. The summed E-state index contributed by atoms with van der Waals surface area (Å²) in [4.78, 5) is 137. The Morgan fingerprint density at radius 3 is 1.74 bits per heavy atom. The summed E-state index contributed by atoms with van der Waals surface area (Å²) < 4.78 is 5.63. The Kier molecular flexibility index (Phi) is 23.7. The molecule has 4 aromatic rings. The number of nitrogens with one attached hydrogen (secondary N) is 8. The van der Waals surface area contributed by atoms with Gasteiger partial charge in [0, 0.05) is 25.3 Å². The van der Waals surface area contributed by atoms with Gasteiger partial charge in [0.2, 0.25) is 53.2 Å². The number of fused-ring (bicyclic) bond motifs is 3. The summed E-state index contributed by atoms with van der Waals surface area (Å²) in [7, 11) is 0. The number of phenolic OH excluding ortho intramolecular Hbond substituents is 1. The number of unbranched alkanes of at least 4 members (excludes halogenated alkanes) is 1. The SMILES string of the molecule is CC(C)C[C@H](NC(=O)[C@H](C)NC(=O)[C@@H]1CCCN1C(=O)[C@H](Cc1ccc(O)cc1)NC(=O)[C@H](CCCCN)NC(=O)[C@H](C)NC(=O)CNC(=O)[C@H](Cc1ccccc1)NC(=O)[C@H](C)NC(=O)OCC1c2ccccc2-c2ccccc21)C(N)=O. The lowest BCUT2D eigenvalue weighted by atomic mass is 9.98. The van der Waals surface area contributed by atoms with Crippen molar-refractivity contribution >= 4 is 59.3 Å². The number of nitrogens with zero attached hydrogens (tertiary/aromatic N) is 1. The van der Waals surface area contributed by atoms with Gasteiger partial charge in [-0.05, 0) is 117 Å². The molecule has 13 N–H and O–H groups in total. The highest BCUT2D eigenvalue weighted by Gasteiger charge is 2.40. The summed E-state index contributed by atoms with van der Waals surface area (Å²) in [6.07, 6.45) is 0.955. The van der Waals surface area contributed by atoms with Crippen molar-refractivity contribution in [3.05, 3.63) is 125 Å². The largest absolute Gasteiger partial charge is 0.508 e. The molecule has 1 fully saturated rings. The van der Waals surface area contributed by atoms with Crippen LogP contribution in [0.25, 0.3) is 11.1 Å². The fourth-order valence-corrected chi connectivity index (χ4v) is 10.2. The first-order valence-corrected chi connectivity index (χ1v) is 28.5. The number of rotatable bonds is 29. The number of aromatic hydroxyl groups is 1. The van der Waals surface area contributed by atoms with Crippen molar-refractivity contribution in [3.8, 4) is 16.9 Å². The van der Waals surface area contributed by atoms with E-state index in [0.29, 0.717) is 30.4 Å². The Balaban J connectivity index is 1.05. The predicted molar refractivity (Wildman–Crippen MR) is 312 cm³/mol. The average molecular weight is 1160 g/mol. The molecule has 450 valence electrons. The Morgan fingerprint density at radius 1 is 0.595 bits per heavy atom. The number of amides is 10. The first kappa shape index (κ1) is 64.3. The van der Waals surface area contributed by atoms with Gasteiger partial charge in [0.15, 0.2) is 0 Å². The Labute approximate surface area is 488 Å². The third-order valence-electron chi connectivity index (χ3n) is 14.7. The number of phenols is 1. The molecule has 8 atom stereocenters. The number of hydrogen-bond acceptors (Lipinski definition) is 13. The van der Waals surface area contributed by atoms with Crippen LogP contribution in [0.3, 0.4) is 0 Å². The number of carbonyl (C=O) groups is 10. The predicted octanol–water partition coefficient (Wildman–Crippen LogP) is 1.82. The van der Waals surface area contributed by atoms with Gasteiger partial charge in [0.1, 0.15) is 60.7 Å². The lowest BCUT2D eigenvalue weighted by Crippen LogP contribution is -2.59. The highest BCUT2D eigenvalue weighted by atomic mass is 16.5. The van der Waals surface area contributed by atoms with Gasteiger partial charge in [-0.1, -0.05) is 105 Å². The van der Waals surface area contributed by atoms with Crippen LogP contribution in [-0.4, -0.2) is 144 Å². The molecule has 84 heavy (non-hydrogen) atoms. The molecule has 2 aliphatic rings. The van der Waals surface area contributed by atoms with E-state index in [-0.39, 0.29) is 69.4 Å². The quantitative estimate of drug-likeness (QED) is 0.0346. The molecule has 0 aromatic heterocycles. The fourth-order valence-electron chi connectivity index (χ4n) is 10.2. The molecule has 1 saturated heterocycles. The highest BCUT2D eigenvalue weighted by Crippen LogP contribution is 2.44. The highest BCUT2D eigenvalue weighted by molar-refractivity contribution is 5.98. The molecule has 1 aliphatic heterocycles. The lowest BCUT2D eigenvalue weighted by Gasteiger charge is -2.31. The number of ether oxygens (including phenoxy) is 1. The molecule has 0 radical (unpaired) electrons. The first-order chi connectivity index (χ1) is 40.1. The number of nitrogens with two attached hydrogens (primary N) is 2. The van der Waals surface area contributed by atoms with Gasteiger partial charge in [-0.2, -0.15) is 0 Å². The molecule has 0 spiro atoms. The van der Waals surface area contributed by atoms with Crippen LogP contribution in [0, 0.1) is 5.92 Å². The second-order valence-electron chi connectivity index (χ2n) is 21.7. The second-order valence-corrected chi connectivity index (χ2v) is 21.7. The summed E-state index contributed by atoms with van der Waals surface area (Å²) in [5, 5.41) is 30.9. The van der Waals surface area contributed by atoms with Gasteiger partial charge in [-0.3, -0.25) is 43.2 Å². The minimum atomic E-state index is -1.30. The summed E-state index contributed by atoms with van der Waals surface area (Å²) in [5.74, 6) is -6.61. The first-order valence-electron chi connectivity index (χ1n) is 28.5. The molecule has 0 bridgehead atoms. The number of hydrogen-bond donors (Lipinski definition) is 11. The van der Waals surface area contributed by atoms with E-state index >= 15 is 0 Å². The average Bonchev–Trinajstić information content (AvgIpc) is 2.40. The minimum Gasteiger partial charge on any atom is -0.508 e.